The summed E-state index contributed by atoms with van der Waals surface area (Å²) in [6, 6.07) is 4.46. The minimum absolute atomic E-state index is 0.00176. The minimum atomic E-state index is -1.13. The summed E-state index contributed by atoms with van der Waals surface area (Å²) in [7, 11) is 1.51. The van der Waals surface area contributed by atoms with Crippen molar-refractivity contribution in [3.63, 3.8) is 0 Å². The van der Waals surface area contributed by atoms with Gasteiger partial charge >= 0.3 is 12.0 Å². The molecule has 1 aliphatic heterocycles. The lowest BCUT2D eigenvalue weighted by atomic mass is 10.2. The molecule has 1 fully saturated rings. The standard InChI is InChI=1S/C13H16N2O5/c1-14(8-2-4-9(16)5-3-8)13(20)15-7-10(17)6-11(15)12(18)19/h2-5,10-11,16-17H,6-7H2,1H3,(H,18,19)/t10-,11-/m1/s1. The van der Waals surface area contributed by atoms with Gasteiger partial charge in [0.1, 0.15) is 11.8 Å². The lowest BCUT2D eigenvalue weighted by Crippen LogP contribution is -2.47. The molecule has 0 saturated carbocycles. The highest BCUT2D eigenvalue weighted by Gasteiger charge is 2.40. The number of hydrogen-bond acceptors (Lipinski definition) is 4. The maximum atomic E-state index is 12.3. The van der Waals surface area contributed by atoms with E-state index in [2.05, 4.69) is 0 Å². The van der Waals surface area contributed by atoms with Gasteiger partial charge in [0.2, 0.25) is 0 Å². The molecule has 2 rings (SSSR count). The number of carboxylic acid groups (broad SMARTS) is 1. The quantitative estimate of drug-likeness (QED) is 0.731. The zero-order valence-corrected chi connectivity index (χ0v) is 10.9. The lowest BCUT2D eigenvalue weighted by molar-refractivity contribution is -0.141. The number of phenols is 1. The number of aliphatic hydroxyl groups is 1. The van der Waals surface area contributed by atoms with E-state index in [4.69, 9.17) is 5.11 Å². The van der Waals surface area contributed by atoms with Gasteiger partial charge in [0.25, 0.3) is 0 Å². The largest absolute Gasteiger partial charge is 0.508 e. The second kappa shape index (κ2) is 5.38. The van der Waals surface area contributed by atoms with E-state index in [0.717, 1.165) is 4.90 Å². The van der Waals surface area contributed by atoms with E-state index in [1.807, 2.05) is 0 Å². The molecule has 2 atom stereocenters. The molecule has 1 aromatic rings. The fraction of sp³-hybridized carbons (Fsp3) is 0.385. The molecule has 0 bridgehead atoms. The zero-order valence-electron chi connectivity index (χ0n) is 10.9. The topological polar surface area (TPSA) is 101 Å². The highest BCUT2D eigenvalue weighted by atomic mass is 16.4. The average molecular weight is 280 g/mol. The number of urea groups is 1. The summed E-state index contributed by atoms with van der Waals surface area (Å²) >= 11 is 0. The van der Waals surface area contributed by atoms with Gasteiger partial charge in [-0.2, -0.15) is 0 Å². The van der Waals surface area contributed by atoms with Gasteiger partial charge in [-0.15, -0.1) is 0 Å². The van der Waals surface area contributed by atoms with Crippen molar-refractivity contribution in [1.29, 1.82) is 0 Å². The molecule has 1 saturated heterocycles. The lowest BCUT2D eigenvalue weighted by Gasteiger charge is -2.27. The summed E-state index contributed by atoms with van der Waals surface area (Å²) in [5, 5.41) is 27.8. The molecular weight excluding hydrogens is 264 g/mol. The number of aliphatic carboxylic acids is 1. The van der Waals surface area contributed by atoms with Crippen LogP contribution in [0.25, 0.3) is 0 Å². The number of aromatic hydroxyl groups is 1. The van der Waals surface area contributed by atoms with Crippen LogP contribution in [0, 0.1) is 0 Å². The minimum Gasteiger partial charge on any atom is -0.508 e. The number of rotatable bonds is 2. The van der Waals surface area contributed by atoms with Crippen molar-refractivity contribution in [1.82, 2.24) is 4.90 Å². The van der Waals surface area contributed by atoms with E-state index in [0.29, 0.717) is 5.69 Å². The predicted molar refractivity (Wildman–Crippen MR) is 70.7 cm³/mol. The van der Waals surface area contributed by atoms with Gasteiger partial charge in [-0.1, -0.05) is 0 Å². The normalized spacial score (nSPS) is 21.8. The van der Waals surface area contributed by atoms with E-state index >= 15 is 0 Å². The smallest absolute Gasteiger partial charge is 0.326 e. The van der Waals surface area contributed by atoms with Crippen LogP contribution in [0.1, 0.15) is 6.42 Å². The van der Waals surface area contributed by atoms with Crippen LogP contribution in [0.2, 0.25) is 0 Å². The summed E-state index contributed by atoms with van der Waals surface area (Å²) in [6.45, 7) is -0.00176. The van der Waals surface area contributed by atoms with Crippen molar-refractivity contribution in [3.8, 4) is 5.75 Å². The Morgan fingerprint density at radius 2 is 1.90 bits per heavy atom. The van der Waals surface area contributed by atoms with Gasteiger partial charge in [-0.05, 0) is 24.3 Å². The summed E-state index contributed by atoms with van der Waals surface area (Å²) in [6.07, 6.45) is -0.793. The Balaban J connectivity index is 2.17. The number of likely N-dealkylation sites (tertiary alicyclic amines) is 1. The Morgan fingerprint density at radius 3 is 2.45 bits per heavy atom. The van der Waals surface area contributed by atoms with E-state index in [-0.39, 0.29) is 18.7 Å². The number of anilines is 1. The molecule has 108 valence electrons. The van der Waals surface area contributed by atoms with Crippen molar-refractivity contribution in [2.75, 3.05) is 18.5 Å². The Hall–Kier alpha value is -2.28. The molecule has 0 spiro atoms. The molecule has 7 heteroatoms. The van der Waals surface area contributed by atoms with Crippen LogP contribution >= 0.6 is 0 Å². The SMILES string of the molecule is CN(C(=O)N1C[C@H](O)C[C@@H]1C(=O)O)c1ccc(O)cc1. The van der Waals surface area contributed by atoms with Crippen LogP contribution in [0.15, 0.2) is 24.3 Å². The highest BCUT2D eigenvalue weighted by molar-refractivity contribution is 5.94. The van der Waals surface area contributed by atoms with Gasteiger partial charge in [0, 0.05) is 25.7 Å². The molecule has 1 aromatic carbocycles. The summed E-state index contributed by atoms with van der Waals surface area (Å²) in [5.74, 6) is -1.05. The van der Waals surface area contributed by atoms with Gasteiger partial charge in [-0.3, -0.25) is 4.90 Å². The molecule has 0 aromatic heterocycles. The zero-order chi connectivity index (χ0) is 14.9. The molecule has 0 unspecified atom stereocenters. The van der Waals surface area contributed by atoms with Gasteiger partial charge < -0.3 is 20.2 Å². The average Bonchev–Trinajstić information content (AvgIpc) is 2.80. The number of nitrogens with zero attached hydrogens (tertiary/aromatic N) is 2. The fourth-order valence-corrected chi connectivity index (χ4v) is 2.24. The highest BCUT2D eigenvalue weighted by Crippen LogP contribution is 2.23. The number of carboxylic acids is 1. The number of carbonyl (C=O) groups excluding carboxylic acids is 1. The van der Waals surface area contributed by atoms with Gasteiger partial charge in [-0.25, -0.2) is 9.59 Å². The fourth-order valence-electron chi connectivity index (χ4n) is 2.24. The van der Waals surface area contributed by atoms with Crippen molar-refractivity contribution in [3.05, 3.63) is 24.3 Å². The molecule has 7 nitrogen and oxygen atoms in total. The van der Waals surface area contributed by atoms with Gasteiger partial charge in [0.05, 0.1) is 6.10 Å². The van der Waals surface area contributed by atoms with Crippen molar-refractivity contribution < 1.29 is 24.9 Å². The van der Waals surface area contributed by atoms with Crippen LogP contribution in [-0.4, -0.2) is 58.0 Å². The van der Waals surface area contributed by atoms with Crippen LogP contribution in [0.5, 0.6) is 5.75 Å². The van der Waals surface area contributed by atoms with Crippen molar-refractivity contribution in [2.45, 2.75) is 18.6 Å². The first-order valence-corrected chi connectivity index (χ1v) is 6.14. The maximum absolute atomic E-state index is 12.3. The number of aliphatic hydroxyl groups excluding tert-OH is 1. The number of benzene rings is 1. The van der Waals surface area contributed by atoms with E-state index in [1.165, 1.54) is 24.1 Å². The maximum Gasteiger partial charge on any atom is 0.326 e. The summed E-state index contributed by atoms with van der Waals surface area (Å²) in [5.41, 5.74) is 0.526. The van der Waals surface area contributed by atoms with E-state index in [1.54, 1.807) is 12.1 Å². The molecule has 0 radical (unpaired) electrons. The van der Waals surface area contributed by atoms with Crippen LogP contribution < -0.4 is 4.90 Å². The number of hydrogen-bond donors (Lipinski definition) is 3. The Labute approximate surface area is 115 Å². The van der Waals surface area contributed by atoms with Gasteiger partial charge in [0.15, 0.2) is 0 Å². The first-order chi connectivity index (χ1) is 9.40. The van der Waals surface area contributed by atoms with Crippen molar-refractivity contribution in [2.24, 2.45) is 0 Å². The number of carbonyl (C=O) groups is 2. The number of amides is 2. The number of phenolic OH excluding ortho intramolecular Hbond substituents is 1. The molecule has 1 heterocycles. The summed E-state index contributed by atoms with van der Waals surface area (Å²) < 4.78 is 0. The monoisotopic (exact) mass is 280 g/mol. The molecule has 0 aliphatic carbocycles. The first kappa shape index (κ1) is 14.1. The van der Waals surface area contributed by atoms with E-state index in [9.17, 15) is 19.8 Å². The molecular formula is C13H16N2O5. The summed E-state index contributed by atoms with van der Waals surface area (Å²) in [4.78, 5) is 25.8. The molecule has 2 amide bonds. The van der Waals surface area contributed by atoms with Crippen LogP contribution in [0.4, 0.5) is 10.5 Å². The number of β-amino-alcohol motifs (C(OH)–C–C–N with tert-alkyl or cyclic N) is 1. The van der Waals surface area contributed by atoms with Crippen LogP contribution in [0.3, 0.4) is 0 Å². The molecule has 20 heavy (non-hydrogen) atoms. The Bertz CT molecular complexity index is 516. The Morgan fingerprint density at radius 1 is 1.30 bits per heavy atom. The Kier molecular flexibility index (Phi) is 3.80. The molecule has 3 N–H and O–H groups in total. The van der Waals surface area contributed by atoms with Crippen molar-refractivity contribution >= 4 is 17.7 Å². The predicted octanol–water partition coefficient (Wildman–Crippen LogP) is 0.468. The second-order valence-electron chi connectivity index (χ2n) is 4.75. The van der Waals surface area contributed by atoms with Crippen LogP contribution in [-0.2, 0) is 4.79 Å². The third-order valence-electron chi connectivity index (χ3n) is 3.33. The van der Waals surface area contributed by atoms with E-state index < -0.39 is 24.1 Å². The molecule has 1 aliphatic rings. The first-order valence-electron chi connectivity index (χ1n) is 6.14. The second-order valence-corrected chi connectivity index (χ2v) is 4.75. The third-order valence-corrected chi connectivity index (χ3v) is 3.33. The third kappa shape index (κ3) is 2.67.